The lowest BCUT2D eigenvalue weighted by atomic mass is 9.91. The third-order valence-electron chi connectivity index (χ3n) is 9.43. The van der Waals surface area contributed by atoms with Crippen molar-refractivity contribution in [3.05, 3.63) is 107 Å². The molecule has 0 bridgehead atoms. The van der Waals surface area contributed by atoms with Crippen LogP contribution in [0, 0.1) is 5.92 Å². The SMILES string of the molecule is CC(C)(C)NC(=O)[C@@H]1CN(Cc2cc3ccccc3o2)CCN1C[C@@H](O)C[C@H](Cc1ccccc1)C(=O)N[C@H]1c2ccccc2C[C@H]1O. The number of aliphatic hydroxyl groups excluding tert-OH is 2. The Labute approximate surface area is 282 Å². The zero-order valence-corrected chi connectivity index (χ0v) is 28.1. The Morgan fingerprint density at radius 2 is 1.71 bits per heavy atom. The number of hydrogen-bond acceptors (Lipinski definition) is 7. The Balaban J connectivity index is 1.15. The van der Waals surface area contributed by atoms with E-state index < -0.39 is 35.7 Å². The molecule has 9 heteroatoms. The smallest absolute Gasteiger partial charge is 0.239 e. The monoisotopic (exact) mass is 652 g/mol. The molecule has 4 aromatic rings. The van der Waals surface area contributed by atoms with Gasteiger partial charge in [-0.25, -0.2) is 0 Å². The molecule has 0 spiro atoms. The van der Waals surface area contributed by atoms with Gasteiger partial charge in [0.15, 0.2) is 0 Å². The summed E-state index contributed by atoms with van der Waals surface area (Å²) < 4.78 is 6.08. The number of piperazine rings is 1. The molecule has 6 rings (SSSR count). The minimum atomic E-state index is -0.850. The number of fused-ring (bicyclic) bond motifs is 2. The minimum Gasteiger partial charge on any atom is -0.460 e. The first-order valence-corrected chi connectivity index (χ1v) is 17.1. The van der Waals surface area contributed by atoms with Gasteiger partial charge in [-0.1, -0.05) is 72.8 Å². The highest BCUT2D eigenvalue weighted by Gasteiger charge is 2.37. The van der Waals surface area contributed by atoms with E-state index in [2.05, 4.69) is 26.5 Å². The summed E-state index contributed by atoms with van der Waals surface area (Å²) in [6.07, 6.45) is -0.387. The predicted octanol–water partition coefficient (Wildman–Crippen LogP) is 4.22. The van der Waals surface area contributed by atoms with Gasteiger partial charge in [0.1, 0.15) is 17.4 Å². The fourth-order valence-electron chi connectivity index (χ4n) is 7.15. The Bertz CT molecular complexity index is 1670. The Morgan fingerprint density at radius 3 is 2.48 bits per heavy atom. The average molecular weight is 653 g/mol. The van der Waals surface area contributed by atoms with E-state index in [0.717, 1.165) is 33.4 Å². The standard InChI is InChI=1S/C39H48N4O5/c1-39(2,3)41-38(47)33-25-42(24-31-21-28-14-8-10-16-35(28)48-31)17-18-43(33)23-30(44)20-29(19-26-11-5-4-6-12-26)37(46)40-36-32-15-9-7-13-27(32)22-34(36)45/h4-16,21,29-30,33-34,36,44-45H,17-20,22-25H2,1-3H3,(H,40,46)(H,41,47)/t29-,30-,33-,34+,36-/m0/s1. The van der Waals surface area contributed by atoms with Gasteiger partial charge in [0.05, 0.1) is 24.8 Å². The van der Waals surface area contributed by atoms with Crippen molar-refractivity contribution >= 4 is 22.8 Å². The Morgan fingerprint density at radius 1 is 0.979 bits per heavy atom. The van der Waals surface area contributed by atoms with Crippen LogP contribution in [-0.2, 0) is 29.0 Å². The van der Waals surface area contributed by atoms with Crippen molar-refractivity contribution in [2.24, 2.45) is 5.92 Å². The van der Waals surface area contributed by atoms with Crippen LogP contribution in [-0.4, -0.2) is 81.8 Å². The van der Waals surface area contributed by atoms with Crippen LogP contribution in [0.15, 0.2) is 89.3 Å². The highest BCUT2D eigenvalue weighted by Crippen LogP contribution is 2.32. The minimum absolute atomic E-state index is 0.0866. The van der Waals surface area contributed by atoms with Crippen molar-refractivity contribution in [2.45, 2.75) is 76.4 Å². The second kappa shape index (κ2) is 14.6. The third kappa shape index (κ3) is 8.33. The van der Waals surface area contributed by atoms with Crippen molar-refractivity contribution in [3.63, 3.8) is 0 Å². The molecule has 2 aliphatic rings. The molecule has 1 fully saturated rings. The largest absolute Gasteiger partial charge is 0.460 e. The van der Waals surface area contributed by atoms with Crippen LogP contribution >= 0.6 is 0 Å². The number of nitrogens with one attached hydrogen (secondary N) is 2. The van der Waals surface area contributed by atoms with Gasteiger partial charge < -0.3 is 25.3 Å². The second-order valence-corrected chi connectivity index (χ2v) is 14.5. The maximum Gasteiger partial charge on any atom is 0.239 e. The highest BCUT2D eigenvalue weighted by atomic mass is 16.3. The number of rotatable bonds is 11. The van der Waals surface area contributed by atoms with Crippen molar-refractivity contribution in [1.29, 1.82) is 0 Å². The van der Waals surface area contributed by atoms with Crippen LogP contribution in [0.25, 0.3) is 11.0 Å². The van der Waals surface area contributed by atoms with Crippen LogP contribution in [0.4, 0.5) is 0 Å². The lowest BCUT2D eigenvalue weighted by Gasteiger charge is -2.42. The molecule has 4 N–H and O–H groups in total. The number of carbonyl (C=O) groups excluding carboxylic acids is 2. The van der Waals surface area contributed by atoms with E-state index in [1.54, 1.807) is 0 Å². The van der Waals surface area contributed by atoms with E-state index >= 15 is 0 Å². The summed E-state index contributed by atoms with van der Waals surface area (Å²) >= 11 is 0. The molecule has 1 aliphatic heterocycles. The lowest BCUT2D eigenvalue weighted by Crippen LogP contribution is -2.61. The first-order valence-electron chi connectivity index (χ1n) is 17.1. The molecule has 3 aromatic carbocycles. The summed E-state index contributed by atoms with van der Waals surface area (Å²) in [6.45, 7) is 8.51. The lowest BCUT2D eigenvalue weighted by molar-refractivity contribution is -0.132. The maximum atomic E-state index is 13.9. The van der Waals surface area contributed by atoms with Gasteiger partial charge in [-0.05, 0) is 62.4 Å². The summed E-state index contributed by atoms with van der Waals surface area (Å²) in [6, 6.07) is 26.6. The van der Waals surface area contributed by atoms with Crippen LogP contribution in [0.5, 0.6) is 0 Å². The second-order valence-electron chi connectivity index (χ2n) is 14.5. The molecule has 0 unspecified atom stereocenters. The maximum absolute atomic E-state index is 13.9. The molecule has 9 nitrogen and oxygen atoms in total. The van der Waals surface area contributed by atoms with Gasteiger partial charge in [0, 0.05) is 49.4 Å². The van der Waals surface area contributed by atoms with E-state index in [-0.39, 0.29) is 24.8 Å². The van der Waals surface area contributed by atoms with E-state index in [4.69, 9.17) is 4.42 Å². The molecule has 48 heavy (non-hydrogen) atoms. The van der Waals surface area contributed by atoms with E-state index in [0.29, 0.717) is 39.0 Å². The first-order chi connectivity index (χ1) is 23.0. The molecule has 5 atom stereocenters. The Kier molecular flexibility index (Phi) is 10.3. The van der Waals surface area contributed by atoms with Gasteiger partial charge in [-0.15, -0.1) is 0 Å². The van der Waals surface area contributed by atoms with Gasteiger partial charge in [0.2, 0.25) is 11.8 Å². The number of amides is 2. The molecule has 254 valence electrons. The third-order valence-corrected chi connectivity index (χ3v) is 9.43. The summed E-state index contributed by atoms with van der Waals surface area (Å²) in [7, 11) is 0. The number of aliphatic hydroxyl groups is 2. The molecule has 1 aromatic heterocycles. The van der Waals surface area contributed by atoms with Crippen LogP contribution < -0.4 is 10.6 Å². The molecule has 2 amide bonds. The predicted molar refractivity (Wildman–Crippen MR) is 186 cm³/mol. The number of para-hydroxylation sites is 1. The number of benzene rings is 3. The average Bonchev–Trinajstić information content (AvgIpc) is 3.60. The molecular weight excluding hydrogens is 604 g/mol. The zero-order valence-electron chi connectivity index (χ0n) is 28.1. The van der Waals surface area contributed by atoms with Crippen molar-refractivity contribution in [3.8, 4) is 0 Å². The van der Waals surface area contributed by atoms with Gasteiger partial charge in [-0.2, -0.15) is 0 Å². The fourth-order valence-corrected chi connectivity index (χ4v) is 7.15. The fraction of sp³-hybridized carbons (Fsp3) is 0.436. The molecule has 0 radical (unpaired) electrons. The molecule has 2 heterocycles. The zero-order chi connectivity index (χ0) is 33.8. The normalized spacial score (nSPS) is 21.5. The molecule has 1 aliphatic carbocycles. The van der Waals surface area contributed by atoms with E-state index in [1.165, 1.54) is 0 Å². The van der Waals surface area contributed by atoms with Gasteiger partial charge in [0.25, 0.3) is 0 Å². The van der Waals surface area contributed by atoms with E-state index in [1.807, 2.05) is 99.6 Å². The van der Waals surface area contributed by atoms with Crippen LogP contribution in [0.3, 0.4) is 0 Å². The van der Waals surface area contributed by atoms with Crippen LogP contribution in [0.1, 0.15) is 55.7 Å². The summed E-state index contributed by atoms with van der Waals surface area (Å²) in [4.78, 5) is 31.8. The van der Waals surface area contributed by atoms with E-state index in [9.17, 15) is 19.8 Å². The Hall–Kier alpha value is -4.02. The topological polar surface area (TPSA) is 118 Å². The number of nitrogens with zero attached hydrogens (tertiary/aromatic N) is 2. The molecular formula is C39H48N4O5. The molecule has 0 saturated carbocycles. The van der Waals surface area contributed by atoms with Gasteiger partial charge >= 0.3 is 0 Å². The van der Waals surface area contributed by atoms with Crippen molar-refractivity contribution < 1.29 is 24.2 Å². The number of carbonyl (C=O) groups is 2. The highest BCUT2D eigenvalue weighted by molar-refractivity contribution is 5.83. The van der Waals surface area contributed by atoms with Gasteiger partial charge in [-0.3, -0.25) is 19.4 Å². The first kappa shape index (κ1) is 33.9. The van der Waals surface area contributed by atoms with Crippen molar-refractivity contribution in [2.75, 3.05) is 26.2 Å². The summed E-state index contributed by atoms with van der Waals surface area (Å²) in [5.41, 5.74) is 3.40. The van der Waals surface area contributed by atoms with Crippen LogP contribution in [0.2, 0.25) is 0 Å². The summed E-state index contributed by atoms with van der Waals surface area (Å²) in [5, 5.41) is 29.7. The number of β-amino-alcohol motifs (C(OH)–C–C–N with tert-alkyl or cyclic N) is 1. The number of hydrogen-bond donors (Lipinski definition) is 4. The van der Waals surface area contributed by atoms with Crippen molar-refractivity contribution in [1.82, 2.24) is 20.4 Å². The molecule has 1 saturated heterocycles. The number of furan rings is 1. The summed E-state index contributed by atoms with van der Waals surface area (Å²) in [5.74, 6) is 0.0378. The quantitative estimate of drug-likeness (QED) is 0.192.